The molecule has 20 heavy (non-hydrogen) atoms. The van der Waals surface area contributed by atoms with Crippen LogP contribution in [0.5, 0.6) is 0 Å². The summed E-state index contributed by atoms with van der Waals surface area (Å²) in [5.41, 5.74) is 0. The molecule has 0 aliphatic heterocycles. The van der Waals surface area contributed by atoms with Gasteiger partial charge >= 0.3 is 0 Å². The summed E-state index contributed by atoms with van der Waals surface area (Å²) in [5.74, 6) is 0. The quantitative estimate of drug-likeness (QED) is 0.198. The van der Waals surface area contributed by atoms with Crippen molar-refractivity contribution in [3.05, 3.63) is 12.7 Å². The number of quaternary nitrogens is 1. The Kier molecular flexibility index (Phi) is 13.5. The second-order valence-electron chi connectivity index (χ2n) is 6.67. The number of unbranched alkanes of at least 4 members (excludes halogenated alkanes) is 10. The number of hydrogen-bond donors (Lipinski definition) is 0. The summed E-state index contributed by atoms with van der Waals surface area (Å²) in [6, 6.07) is 0. The van der Waals surface area contributed by atoms with Crippen LogP contribution in [-0.2, 0) is 0 Å². The molecule has 1 atom stereocenters. The highest BCUT2D eigenvalue weighted by Gasteiger charge is 2.15. The molecule has 0 aliphatic rings. The highest BCUT2D eigenvalue weighted by atomic mass is 15.3. The Hall–Kier alpha value is -0.300. The molecule has 1 heteroatoms. The minimum atomic E-state index is 1.12. The fourth-order valence-electron chi connectivity index (χ4n) is 2.85. The van der Waals surface area contributed by atoms with Gasteiger partial charge in [-0.3, -0.25) is 0 Å². The Bertz CT molecular complexity index is 212. The average molecular weight is 283 g/mol. The summed E-state index contributed by atoms with van der Waals surface area (Å²) >= 11 is 0. The van der Waals surface area contributed by atoms with Crippen LogP contribution < -0.4 is 0 Å². The Morgan fingerprint density at radius 3 is 1.60 bits per heavy atom. The largest absolute Gasteiger partial charge is 0.323 e. The van der Waals surface area contributed by atoms with Gasteiger partial charge in [0.25, 0.3) is 0 Å². The maximum absolute atomic E-state index is 3.88. The van der Waals surface area contributed by atoms with Gasteiger partial charge in [-0.2, -0.15) is 0 Å². The molecule has 0 radical (unpaired) electrons. The predicted molar refractivity (Wildman–Crippen MR) is 93.1 cm³/mol. The molecule has 0 heterocycles. The van der Waals surface area contributed by atoms with Crippen LogP contribution in [-0.4, -0.2) is 31.2 Å². The SMILES string of the molecule is C=CC[N+](C)(CC)CCCCCCCCCCCCC. The second-order valence-corrected chi connectivity index (χ2v) is 6.67. The van der Waals surface area contributed by atoms with Gasteiger partial charge in [0.15, 0.2) is 0 Å². The van der Waals surface area contributed by atoms with Crippen molar-refractivity contribution in [1.29, 1.82) is 0 Å². The van der Waals surface area contributed by atoms with Gasteiger partial charge in [-0.05, 0) is 25.8 Å². The van der Waals surface area contributed by atoms with Crippen molar-refractivity contribution >= 4 is 0 Å². The molecule has 0 saturated heterocycles. The molecule has 120 valence electrons. The van der Waals surface area contributed by atoms with Gasteiger partial charge in [0.2, 0.25) is 0 Å². The first kappa shape index (κ1) is 19.7. The molecule has 0 aromatic heterocycles. The summed E-state index contributed by atoms with van der Waals surface area (Å²) in [6.45, 7) is 12.1. The lowest BCUT2D eigenvalue weighted by atomic mass is 10.1. The first-order chi connectivity index (χ1) is 9.68. The Morgan fingerprint density at radius 1 is 0.750 bits per heavy atom. The van der Waals surface area contributed by atoms with E-state index in [0.717, 1.165) is 6.54 Å². The monoisotopic (exact) mass is 282 g/mol. The van der Waals surface area contributed by atoms with Gasteiger partial charge in [0.05, 0.1) is 26.7 Å². The van der Waals surface area contributed by atoms with Gasteiger partial charge in [-0.15, -0.1) is 0 Å². The lowest BCUT2D eigenvalue weighted by Gasteiger charge is -2.32. The standard InChI is InChI=1S/C19H40N/c1-5-8-9-10-11-12-13-14-15-16-17-19-20(4,7-3)18-6-2/h6H,2,5,7-19H2,1,3-4H3/q+1. The predicted octanol–water partition coefficient (Wildman–Crippen LogP) is 5.95. The summed E-state index contributed by atoms with van der Waals surface area (Å²) in [5, 5.41) is 0. The van der Waals surface area contributed by atoms with E-state index in [1.807, 2.05) is 0 Å². The van der Waals surface area contributed by atoms with Crippen LogP contribution in [0.4, 0.5) is 0 Å². The Balaban J connectivity index is 3.29. The molecule has 0 rings (SSSR count). The van der Waals surface area contributed by atoms with Crippen molar-refractivity contribution in [1.82, 2.24) is 0 Å². The highest BCUT2D eigenvalue weighted by molar-refractivity contribution is 4.65. The Labute approximate surface area is 129 Å². The van der Waals surface area contributed by atoms with E-state index >= 15 is 0 Å². The zero-order valence-electron chi connectivity index (χ0n) is 14.6. The molecule has 0 aliphatic carbocycles. The van der Waals surface area contributed by atoms with Gasteiger partial charge < -0.3 is 4.48 Å². The van der Waals surface area contributed by atoms with Crippen LogP contribution in [0.15, 0.2) is 12.7 Å². The number of rotatable bonds is 15. The normalized spacial score (nSPS) is 14.2. The zero-order valence-corrected chi connectivity index (χ0v) is 14.6. The van der Waals surface area contributed by atoms with Crippen molar-refractivity contribution in [2.75, 3.05) is 26.7 Å². The molecule has 0 N–H and O–H groups in total. The second kappa shape index (κ2) is 13.7. The van der Waals surface area contributed by atoms with E-state index < -0.39 is 0 Å². The van der Waals surface area contributed by atoms with E-state index in [4.69, 9.17) is 0 Å². The van der Waals surface area contributed by atoms with Crippen molar-refractivity contribution in [3.63, 3.8) is 0 Å². The minimum Gasteiger partial charge on any atom is -0.323 e. The minimum absolute atomic E-state index is 1.12. The smallest absolute Gasteiger partial charge is 0.0968 e. The van der Waals surface area contributed by atoms with Crippen LogP contribution in [0.25, 0.3) is 0 Å². The molecule has 0 aromatic carbocycles. The van der Waals surface area contributed by atoms with Crippen LogP contribution in [0, 0.1) is 0 Å². The summed E-state index contributed by atoms with van der Waals surface area (Å²) in [7, 11) is 2.36. The molecule has 0 saturated carbocycles. The molecule has 0 spiro atoms. The topological polar surface area (TPSA) is 0 Å². The summed E-state index contributed by atoms with van der Waals surface area (Å²) < 4.78 is 1.17. The van der Waals surface area contributed by atoms with E-state index in [-0.39, 0.29) is 0 Å². The van der Waals surface area contributed by atoms with Crippen molar-refractivity contribution in [3.8, 4) is 0 Å². The van der Waals surface area contributed by atoms with Crippen molar-refractivity contribution in [2.45, 2.75) is 84.5 Å². The molecule has 0 aromatic rings. The number of nitrogens with zero attached hydrogens (tertiary/aromatic N) is 1. The molecule has 1 unspecified atom stereocenters. The maximum Gasteiger partial charge on any atom is 0.0968 e. The van der Waals surface area contributed by atoms with E-state index in [0.29, 0.717) is 0 Å². The van der Waals surface area contributed by atoms with Crippen LogP contribution in [0.3, 0.4) is 0 Å². The zero-order chi connectivity index (χ0) is 15.1. The fraction of sp³-hybridized carbons (Fsp3) is 0.895. The third-order valence-corrected chi connectivity index (χ3v) is 4.63. The summed E-state index contributed by atoms with van der Waals surface area (Å²) in [4.78, 5) is 0. The first-order valence-corrected chi connectivity index (χ1v) is 9.13. The highest BCUT2D eigenvalue weighted by Crippen LogP contribution is 2.12. The number of likely N-dealkylation sites (N-methyl/N-ethyl adjacent to an activating group) is 1. The van der Waals surface area contributed by atoms with Crippen molar-refractivity contribution in [2.24, 2.45) is 0 Å². The average Bonchev–Trinajstić information content (AvgIpc) is 2.45. The summed E-state index contributed by atoms with van der Waals surface area (Å²) in [6.07, 6.45) is 17.8. The van der Waals surface area contributed by atoms with E-state index in [2.05, 4.69) is 33.6 Å². The van der Waals surface area contributed by atoms with Gasteiger partial charge in [-0.25, -0.2) is 0 Å². The van der Waals surface area contributed by atoms with Gasteiger partial charge in [0, 0.05) is 0 Å². The van der Waals surface area contributed by atoms with Crippen LogP contribution >= 0.6 is 0 Å². The molecule has 0 fully saturated rings. The lowest BCUT2D eigenvalue weighted by molar-refractivity contribution is -0.902. The number of hydrogen-bond acceptors (Lipinski definition) is 0. The molecule has 1 nitrogen and oxygen atoms in total. The lowest BCUT2D eigenvalue weighted by Crippen LogP contribution is -2.44. The van der Waals surface area contributed by atoms with E-state index in [9.17, 15) is 0 Å². The molecular formula is C19H40N+. The fourth-order valence-corrected chi connectivity index (χ4v) is 2.85. The van der Waals surface area contributed by atoms with E-state index in [1.165, 1.54) is 88.2 Å². The maximum atomic E-state index is 3.88. The third-order valence-electron chi connectivity index (χ3n) is 4.63. The Morgan fingerprint density at radius 2 is 1.20 bits per heavy atom. The third kappa shape index (κ3) is 11.5. The molecular weight excluding hydrogens is 242 g/mol. The van der Waals surface area contributed by atoms with Crippen LogP contribution in [0.2, 0.25) is 0 Å². The van der Waals surface area contributed by atoms with Crippen LogP contribution in [0.1, 0.15) is 84.5 Å². The molecule has 0 bridgehead atoms. The van der Waals surface area contributed by atoms with Crippen molar-refractivity contribution < 1.29 is 4.48 Å². The first-order valence-electron chi connectivity index (χ1n) is 9.13. The van der Waals surface area contributed by atoms with Gasteiger partial charge in [-0.1, -0.05) is 71.3 Å². The van der Waals surface area contributed by atoms with Gasteiger partial charge in [0.1, 0.15) is 0 Å². The molecule has 0 amide bonds. The van der Waals surface area contributed by atoms with E-state index in [1.54, 1.807) is 0 Å².